The average Bonchev–Trinajstić information content (AvgIpc) is 3.04. The van der Waals surface area contributed by atoms with Gasteiger partial charge in [0.25, 0.3) is 0 Å². The van der Waals surface area contributed by atoms with Crippen LogP contribution >= 0.6 is 0 Å². The van der Waals surface area contributed by atoms with Gasteiger partial charge in [-0.1, -0.05) is 18.2 Å². The van der Waals surface area contributed by atoms with Crippen LogP contribution < -0.4 is 17.1 Å². The smallest absolute Gasteiger partial charge is 0.258 e. The number of aromatic nitrogens is 5. The zero-order valence-corrected chi connectivity index (χ0v) is 13.2. The first-order valence-corrected chi connectivity index (χ1v) is 7.52. The third-order valence-electron chi connectivity index (χ3n) is 4.01. The highest BCUT2D eigenvalue weighted by Crippen LogP contribution is 2.20. The molecule has 8 nitrogen and oxygen atoms in total. The maximum atomic E-state index is 12.3. The first kappa shape index (κ1) is 14.9. The Labute approximate surface area is 140 Å². The summed E-state index contributed by atoms with van der Waals surface area (Å²) in [5, 5.41) is 5.13. The second kappa shape index (κ2) is 5.45. The molecule has 0 saturated heterocycles. The number of nitrogens with one attached hydrogen (secondary N) is 1. The molecule has 0 bridgehead atoms. The van der Waals surface area contributed by atoms with E-state index in [9.17, 15) is 14.4 Å². The Balaban J connectivity index is 1.93. The van der Waals surface area contributed by atoms with Crippen LogP contribution in [0.25, 0.3) is 22.3 Å². The number of rotatable bonds is 2. The molecule has 0 amide bonds. The van der Waals surface area contributed by atoms with E-state index in [4.69, 9.17) is 0 Å². The van der Waals surface area contributed by atoms with Gasteiger partial charge in [-0.05, 0) is 30.3 Å². The van der Waals surface area contributed by atoms with Gasteiger partial charge in [0.1, 0.15) is 0 Å². The van der Waals surface area contributed by atoms with E-state index in [1.165, 1.54) is 7.05 Å². The summed E-state index contributed by atoms with van der Waals surface area (Å²) in [6.07, 6.45) is 1.66. The molecule has 0 aliphatic heterocycles. The molecular weight excluding hydrogens is 322 g/mol. The summed E-state index contributed by atoms with van der Waals surface area (Å²) in [5.41, 5.74) is -0.121. The van der Waals surface area contributed by atoms with Gasteiger partial charge >= 0.3 is 17.1 Å². The van der Waals surface area contributed by atoms with Gasteiger partial charge < -0.3 is 0 Å². The number of aromatic amines is 1. The van der Waals surface area contributed by atoms with Crippen molar-refractivity contribution >= 4 is 10.9 Å². The van der Waals surface area contributed by atoms with Crippen LogP contribution in [0.2, 0.25) is 0 Å². The zero-order chi connectivity index (χ0) is 17.6. The molecule has 124 valence electrons. The number of para-hydroxylation sites is 1. The van der Waals surface area contributed by atoms with E-state index in [0.29, 0.717) is 5.69 Å². The first-order chi connectivity index (χ1) is 12.1. The fourth-order valence-electron chi connectivity index (χ4n) is 2.72. The Morgan fingerprint density at radius 1 is 0.920 bits per heavy atom. The summed E-state index contributed by atoms with van der Waals surface area (Å²) < 4.78 is 3.53. The van der Waals surface area contributed by atoms with Crippen molar-refractivity contribution in [2.24, 2.45) is 7.05 Å². The predicted molar refractivity (Wildman–Crippen MR) is 92.5 cm³/mol. The van der Waals surface area contributed by atoms with Gasteiger partial charge in [-0.3, -0.25) is 4.98 Å². The summed E-state index contributed by atoms with van der Waals surface area (Å²) in [4.78, 5) is 37.9. The van der Waals surface area contributed by atoms with Crippen LogP contribution in [0.15, 0.2) is 69.1 Å². The first-order valence-electron chi connectivity index (χ1n) is 7.52. The molecule has 2 aromatic heterocycles. The van der Waals surface area contributed by atoms with E-state index in [1.54, 1.807) is 29.1 Å². The van der Waals surface area contributed by atoms with E-state index in [0.717, 1.165) is 25.7 Å². The van der Waals surface area contributed by atoms with E-state index >= 15 is 0 Å². The molecule has 0 spiro atoms. The minimum Gasteiger partial charge on any atom is -0.258 e. The molecule has 0 fully saturated rings. The van der Waals surface area contributed by atoms with Gasteiger partial charge in [0.05, 0.1) is 23.1 Å². The second-order valence-corrected chi connectivity index (χ2v) is 5.55. The van der Waals surface area contributed by atoms with Crippen molar-refractivity contribution in [2.45, 2.75) is 0 Å². The van der Waals surface area contributed by atoms with Gasteiger partial charge in [0.15, 0.2) is 0 Å². The molecule has 2 heterocycles. The maximum absolute atomic E-state index is 12.3. The number of H-pyrrole nitrogens is 1. The minimum absolute atomic E-state index is 0.363. The molecule has 0 radical (unpaired) electrons. The van der Waals surface area contributed by atoms with Gasteiger partial charge in [-0.15, -0.1) is 0 Å². The minimum atomic E-state index is -0.775. The van der Waals surface area contributed by atoms with Gasteiger partial charge in [0, 0.05) is 12.4 Å². The molecule has 8 heteroatoms. The van der Waals surface area contributed by atoms with Crippen molar-refractivity contribution < 1.29 is 0 Å². The predicted octanol–water partition coefficient (Wildman–Crippen LogP) is 0.563. The third kappa shape index (κ3) is 2.31. The standard InChI is InChI=1S/C17H13N5O3/c1-20-15(23)19-16(24)21(17(20)25)13-7-8-14-11(9-13)10-18-22(14)12-5-3-2-4-6-12/h2-10H,1H3,(H,19,23,24). The SMILES string of the molecule is Cn1c(=O)[nH]c(=O)n(-c2ccc3c(cnn3-c3ccccc3)c2)c1=O. The number of benzene rings is 2. The molecule has 2 aromatic carbocycles. The molecule has 4 rings (SSSR count). The van der Waals surface area contributed by atoms with E-state index in [1.807, 2.05) is 30.3 Å². The van der Waals surface area contributed by atoms with Crippen molar-refractivity contribution in [1.29, 1.82) is 0 Å². The van der Waals surface area contributed by atoms with Crippen LogP contribution in [-0.4, -0.2) is 23.9 Å². The fourth-order valence-corrected chi connectivity index (χ4v) is 2.72. The zero-order valence-electron chi connectivity index (χ0n) is 13.2. The Hall–Kier alpha value is -3.68. The van der Waals surface area contributed by atoms with Gasteiger partial charge in [0.2, 0.25) is 0 Å². The lowest BCUT2D eigenvalue weighted by Crippen LogP contribution is -2.47. The molecule has 0 saturated carbocycles. The number of hydrogen-bond acceptors (Lipinski definition) is 4. The van der Waals surface area contributed by atoms with Gasteiger partial charge in [-0.2, -0.15) is 5.10 Å². The van der Waals surface area contributed by atoms with Crippen molar-refractivity contribution in [1.82, 2.24) is 23.9 Å². The molecular formula is C17H13N5O3. The van der Waals surface area contributed by atoms with Crippen molar-refractivity contribution in [3.05, 3.63) is 86.2 Å². The third-order valence-corrected chi connectivity index (χ3v) is 4.01. The van der Waals surface area contributed by atoms with E-state index in [2.05, 4.69) is 10.1 Å². The lowest BCUT2D eigenvalue weighted by atomic mass is 10.2. The van der Waals surface area contributed by atoms with Crippen LogP contribution in [0, 0.1) is 0 Å². The molecule has 25 heavy (non-hydrogen) atoms. The lowest BCUT2D eigenvalue weighted by molar-refractivity contribution is 0.660. The van der Waals surface area contributed by atoms with Crippen LogP contribution in [0.4, 0.5) is 0 Å². The highest BCUT2D eigenvalue weighted by molar-refractivity contribution is 5.82. The molecule has 0 aliphatic carbocycles. The molecule has 1 N–H and O–H groups in total. The Bertz CT molecular complexity index is 1260. The Morgan fingerprint density at radius 2 is 1.68 bits per heavy atom. The summed E-state index contributed by atoms with van der Waals surface area (Å²) in [6.45, 7) is 0. The largest absolute Gasteiger partial charge is 0.340 e. The summed E-state index contributed by atoms with van der Waals surface area (Å²) in [6, 6.07) is 14.7. The van der Waals surface area contributed by atoms with Crippen LogP contribution in [0.1, 0.15) is 0 Å². The molecule has 4 aromatic rings. The quantitative estimate of drug-likeness (QED) is 0.579. The summed E-state index contributed by atoms with van der Waals surface area (Å²) >= 11 is 0. The second-order valence-electron chi connectivity index (χ2n) is 5.55. The lowest BCUT2D eigenvalue weighted by Gasteiger charge is -2.07. The Morgan fingerprint density at radius 3 is 2.44 bits per heavy atom. The van der Waals surface area contributed by atoms with E-state index in [-0.39, 0.29) is 0 Å². The Kier molecular flexibility index (Phi) is 3.24. The fraction of sp³-hybridized carbons (Fsp3) is 0.0588. The normalized spacial score (nSPS) is 11.1. The van der Waals surface area contributed by atoms with Gasteiger partial charge in [-0.25, -0.2) is 28.2 Å². The average molecular weight is 335 g/mol. The maximum Gasteiger partial charge on any atom is 0.340 e. The number of fused-ring (bicyclic) bond motifs is 1. The molecule has 0 aliphatic rings. The monoisotopic (exact) mass is 335 g/mol. The summed E-state index contributed by atoms with van der Waals surface area (Å²) in [7, 11) is 1.31. The van der Waals surface area contributed by atoms with Crippen molar-refractivity contribution in [3.8, 4) is 11.4 Å². The van der Waals surface area contributed by atoms with Crippen LogP contribution in [0.3, 0.4) is 0 Å². The molecule has 0 atom stereocenters. The molecule has 0 unspecified atom stereocenters. The number of nitrogens with zero attached hydrogens (tertiary/aromatic N) is 4. The topological polar surface area (TPSA) is 94.7 Å². The van der Waals surface area contributed by atoms with Crippen molar-refractivity contribution in [2.75, 3.05) is 0 Å². The summed E-state index contributed by atoms with van der Waals surface area (Å²) in [5.74, 6) is 0. The highest BCUT2D eigenvalue weighted by Gasteiger charge is 2.11. The van der Waals surface area contributed by atoms with Crippen molar-refractivity contribution in [3.63, 3.8) is 0 Å². The number of hydrogen-bond donors (Lipinski definition) is 1. The van der Waals surface area contributed by atoms with Crippen LogP contribution in [-0.2, 0) is 7.05 Å². The van der Waals surface area contributed by atoms with Crippen LogP contribution in [0.5, 0.6) is 0 Å². The highest BCUT2D eigenvalue weighted by atomic mass is 16.2. The van der Waals surface area contributed by atoms with E-state index < -0.39 is 17.1 Å².